The Kier molecular flexibility index (Phi) is 6.15. The molecular formula is C13H26O2. The molecule has 0 aliphatic carbocycles. The van der Waals surface area contributed by atoms with Gasteiger partial charge in [-0.05, 0) is 32.6 Å². The van der Waals surface area contributed by atoms with Gasteiger partial charge in [-0.1, -0.05) is 32.4 Å². The van der Waals surface area contributed by atoms with Crippen LogP contribution in [0.5, 0.6) is 0 Å². The molecule has 0 aliphatic heterocycles. The first kappa shape index (κ1) is 14.7. The number of rotatable bonds is 6. The second kappa shape index (κ2) is 6.29. The summed E-state index contributed by atoms with van der Waals surface area (Å²) < 4.78 is 5.74. The minimum atomic E-state index is -0.397. The van der Waals surface area contributed by atoms with Gasteiger partial charge in [-0.15, -0.1) is 0 Å². The van der Waals surface area contributed by atoms with Crippen molar-refractivity contribution >= 4 is 0 Å². The summed E-state index contributed by atoms with van der Waals surface area (Å²) in [5.41, 5.74) is 1.37. The zero-order chi connectivity index (χ0) is 12.1. The first-order chi connectivity index (χ1) is 6.79. The average molecular weight is 214 g/mol. The maximum atomic E-state index is 9.23. The molecule has 0 amide bonds. The van der Waals surface area contributed by atoms with Gasteiger partial charge in [0.1, 0.15) is 0 Å². The fourth-order valence-corrected chi connectivity index (χ4v) is 1.25. The Morgan fingerprint density at radius 2 is 1.93 bits per heavy atom. The summed E-state index contributed by atoms with van der Waals surface area (Å²) in [5.74, 6) is 0. The van der Waals surface area contributed by atoms with E-state index in [-0.39, 0.29) is 11.5 Å². The summed E-state index contributed by atoms with van der Waals surface area (Å²) in [6.07, 6.45) is 2.89. The molecule has 0 aromatic carbocycles. The summed E-state index contributed by atoms with van der Waals surface area (Å²) in [4.78, 5) is 0. The van der Waals surface area contributed by atoms with Crippen molar-refractivity contribution < 1.29 is 9.84 Å². The molecule has 1 N–H and O–H groups in total. The van der Waals surface area contributed by atoms with Crippen molar-refractivity contribution in [3.63, 3.8) is 0 Å². The standard InChI is InChI=1S/C13H26O2/c1-7-13(5,6)12(8-10(2)3)15-9-11(4)14/h8,11-12,14H,7,9H2,1-6H3. The molecule has 2 nitrogen and oxygen atoms in total. The Balaban J connectivity index is 4.52. The van der Waals surface area contributed by atoms with E-state index in [1.54, 1.807) is 6.92 Å². The molecule has 0 fully saturated rings. The van der Waals surface area contributed by atoms with E-state index in [0.717, 1.165) is 6.42 Å². The topological polar surface area (TPSA) is 29.5 Å². The van der Waals surface area contributed by atoms with Crippen LogP contribution in [-0.2, 0) is 4.74 Å². The number of aliphatic hydroxyl groups is 1. The van der Waals surface area contributed by atoms with Crippen molar-refractivity contribution in [3.05, 3.63) is 11.6 Å². The van der Waals surface area contributed by atoms with Crippen molar-refractivity contribution in [1.82, 2.24) is 0 Å². The van der Waals surface area contributed by atoms with Gasteiger partial charge in [0.2, 0.25) is 0 Å². The number of allylic oxidation sites excluding steroid dienone is 1. The molecule has 0 saturated carbocycles. The Morgan fingerprint density at radius 3 is 2.27 bits per heavy atom. The van der Waals surface area contributed by atoms with E-state index in [1.807, 2.05) is 0 Å². The molecule has 0 radical (unpaired) electrons. The molecule has 0 saturated heterocycles. The molecule has 0 aromatic rings. The van der Waals surface area contributed by atoms with Crippen LogP contribution in [0.4, 0.5) is 0 Å². The van der Waals surface area contributed by atoms with E-state index in [4.69, 9.17) is 4.74 Å². The number of hydrogen-bond donors (Lipinski definition) is 1. The summed E-state index contributed by atoms with van der Waals surface area (Å²) in [6.45, 7) is 12.8. The smallest absolute Gasteiger partial charge is 0.0810 e. The lowest BCUT2D eigenvalue weighted by atomic mass is 9.83. The molecule has 15 heavy (non-hydrogen) atoms. The van der Waals surface area contributed by atoms with Crippen molar-refractivity contribution in [2.24, 2.45) is 5.41 Å². The fourth-order valence-electron chi connectivity index (χ4n) is 1.25. The van der Waals surface area contributed by atoms with Crippen LogP contribution in [0.25, 0.3) is 0 Å². The molecule has 0 aliphatic rings. The highest BCUT2D eigenvalue weighted by atomic mass is 16.5. The second-order valence-electron chi connectivity index (χ2n) is 5.19. The normalized spacial score (nSPS) is 15.9. The molecule has 0 bridgehead atoms. The Hall–Kier alpha value is -0.340. The molecule has 2 heteroatoms. The number of ether oxygens (including phenoxy) is 1. The summed E-state index contributed by atoms with van der Waals surface area (Å²) in [7, 11) is 0. The quantitative estimate of drug-likeness (QED) is 0.688. The zero-order valence-corrected chi connectivity index (χ0v) is 11.0. The SMILES string of the molecule is CCC(C)(C)C(C=C(C)C)OCC(C)O. The van der Waals surface area contributed by atoms with Gasteiger partial charge in [0.25, 0.3) is 0 Å². The maximum absolute atomic E-state index is 9.23. The third-order valence-electron chi connectivity index (χ3n) is 2.68. The first-order valence-electron chi connectivity index (χ1n) is 5.74. The highest BCUT2D eigenvalue weighted by molar-refractivity contribution is 5.03. The minimum absolute atomic E-state index is 0.0853. The molecule has 0 heterocycles. The van der Waals surface area contributed by atoms with Crippen molar-refractivity contribution in [2.45, 2.75) is 60.2 Å². The molecule has 0 spiro atoms. The molecule has 2 atom stereocenters. The Bertz CT molecular complexity index is 201. The first-order valence-corrected chi connectivity index (χ1v) is 5.74. The van der Waals surface area contributed by atoms with Crippen molar-refractivity contribution in [1.29, 1.82) is 0 Å². The van der Waals surface area contributed by atoms with Gasteiger partial charge in [0.05, 0.1) is 18.8 Å². The molecule has 0 aromatic heterocycles. The summed E-state index contributed by atoms with van der Waals surface area (Å²) in [5, 5.41) is 9.23. The Morgan fingerprint density at radius 1 is 1.40 bits per heavy atom. The lowest BCUT2D eigenvalue weighted by Gasteiger charge is -2.32. The van der Waals surface area contributed by atoms with E-state index >= 15 is 0 Å². The molecular weight excluding hydrogens is 188 g/mol. The van der Waals surface area contributed by atoms with Gasteiger partial charge in [0, 0.05) is 0 Å². The van der Waals surface area contributed by atoms with Crippen LogP contribution in [0.2, 0.25) is 0 Å². The number of hydrogen-bond acceptors (Lipinski definition) is 2. The van der Waals surface area contributed by atoms with Crippen molar-refractivity contribution in [3.8, 4) is 0 Å². The zero-order valence-electron chi connectivity index (χ0n) is 11.0. The van der Waals surface area contributed by atoms with E-state index in [9.17, 15) is 5.11 Å². The fraction of sp³-hybridized carbons (Fsp3) is 0.846. The van der Waals surface area contributed by atoms with E-state index in [1.165, 1.54) is 5.57 Å². The van der Waals surface area contributed by atoms with Crippen molar-refractivity contribution in [2.75, 3.05) is 6.61 Å². The molecule has 0 rings (SSSR count). The predicted molar refractivity (Wildman–Crippen MR) is 64.9 cm³/mol. The largest absolute Gasteiger partial charge is 0.391 e. The second-order valence-corrected chi connectivity index (χ2v) is 5.19. The third kappa shape index (κ3) is 5.95. The lowest BCUT2D eigenvalue weighted by Crippen LogP contribution is -2.32. The van der Waals surface area contributed by atoms with Gasteiger partial charge >= 0.3 is 0 Å². The van der Waals surface area contributed by atoms with Crippen LogP contribution >= 0.6 is 0 Å². The van der Waals surface area contributed by atoms with Gasteiger partial charge < -0.3 is 9.84 Å². The maximum Gasteiger partial charge on any atom is 0.0810 e. The highest BCUT2D eigenvalue weighted by Gasteiger charge is 2.26. The van der Waals surface area contributed by atoms with Crippen LogP contribution in [0.3, 0.4) is 0 Å². The minimum Gasteiger partial charge on any atom is -0.391 e. The van der Waals surface area contributed by atoms with Gasteiger partial charge in [0.15, 0.2) is 0 Å². The van der Waals surface area contributed by atoms with E-state index in [0.29, 0.717) is 6.61 Å². The summed E-state index contributed by atoms with van der Waals surface area (Å²) in [6, 6.07) is 0. The predicted octanol–water partition coefficient (Wildman–Crippen LogP) is 3.15. The molecule has 90 valence electrons. The van der Waals surface area contributed by atoms with E-state index in [2.05, 4.69) is 40.7 Å². The highest BCUT2D eigenvalue weighted by Crippen LogP contribution is 2.29. The summed E-state index contributed by atoms with van der Waals surface area (Å²) >= 11 is 0. The van der Waals surface area contributed by atoms with E-state index < -0.39 is 6.10 Å². The van der Waals surface area contributed by atoms with Crippen LogP contribution in [0, 0.1) is 5.41 Å². The van der Waals surface area contributed by atoms with Crippen LogP contribution in [-0.4, -0.2) is 23.9 Å². The van der Waals surface area contributed by atoms with Gasteiger partial charge in [-0.2, -0.15) is 0 Å². The average Bonchev–Trinajstić information content (AvgIpc) is 2.11. The lowest BCUT2D eigenvalue weighted by molar-refractivity contribution is -0.0333. The van der Waals surface area contributed by atoms with Gasteiger partial charge in [-0.25, -0.2) is 0 Å². The van der Waals surface area contributed by atoms with Crippen LogP contribution in [0.15, 0.2) is 11.6 Å². The van der Waals surface area contributed by atoms with Gasteiger partial charge in [-0.3, -0.25) is 0 Å². The Labute approximate surface area is 94.3 Å². The number of aliphatic hydroxyl groups excluding tert-OH is 1. The van der Waals surface area contributed by atoms with Crippen LogP contribution < -0.4 is 0 Å². The molecule has 2 unspecified atom stereocenters. The van der Waals surface area contributed by atoms with Crippen LogP contribution in [0.1, 0.15) is 48.0 Å². The monoisotopic (exact) mass is 214 g/mol. The third-order valence-corrected chi connectivity index (χ3v) is 2.68.